The summed E-state index contributed by atoms with van der Waals surface area (Å²) < 4.78 is 37.9. The van der Waals surface area contributed by atoms with E-state index in [0.29, 0.717) is 16.3 Å². The summed E-state index contributed by atoms with van der Waals surface area (Å²) in [6.45, 7) is 0. The van der Waals surface area contributed by atoms with Gasteiger partial charge in [0.25, 0.3) is 5.91 Å². The van der Waals surface area contributed by atoms with Crippen LogP contribution in [-0.2, 0) is 6.18 Å². The molecule has 1 amide bonds. The highest BCUT2D eigenvalue weighted by atomic mass is 35.5. The number of pyridine rings is 1. The van der Waals surface area contributed by atoms with E-state index < -0.39 is 17.8 Å². The first-order valence-corrected chi connectivity index (χ1v) is 8.03. The molecule has 0 bridgehead atoms. The Labute approximate surface area is 157 Å². The van der Waals surface area contributed by atoms with E-state index in [1.54, 1.807) is 31.3 Å². The number of alkyl halides is 3. The molecule has 5 nitrogen and oxygen atoms in total. The monoisotopic (exact) mass is 392 g/mol. The molecule has 0 spiro atoms. The molecule has 3 rings (SSSR count). The fraction of sp³-hybridized carbons (Fsp3) is 0.111. The smallest absolute Gasteiger partial charge is 0.310 e. The highest BCUT2D eigenvalue weighted by molar-refractivity contribution is 6.30. The Hall–Kier alpha value is -3.00. The summed E-state index contributed by atoms with van der Waals surface area (Å²) in [5, 5.41) is 0.538. The minimum atomic E-state index is -4.52. The third-order valence-electron chi connectivity index (χ3n) is 3.72. The molecule has 0 fully saturated rings. The molecule has 0 saturated heterocycles. The Morgan fingerprint density at radius 3 is 2.33 bits per heavy atom. The van der Waals surface area contributed by atoms with Crippen molar-refractivity contribution in [2.45, 2.75) is 6.18 Å². The van der Waals surface area contributed by atoms with Gasteiger partial charge >= 0.3 is 6.18 Å². The predicted octanol–water partition coefficient (Wildman–Crippen LogP) is 4.49. The first kappa shape index (κ1) is 18.8. The van der Waals surface area contributed by atoms with Crippen molar-refractivity contribution in [2.75, 3.05) is 11.9 Å². The maximum Gasteiger partial charge on any atom is 0.433 e. The van der Waals surface area contributed by atoms with Crippen LogP contribution in [0, 0.1) is 0 Å². The predicted molar refractivity (Wildman–Crippen MR) is 94.5 cm³/mol. The zero-order valence-corrected chi connectivity index (χ0v) is 14.7. The normalized spacial score (nSPS) is 11.3. The van der Waals surface area contributed by atoms with Crippen molar-refractivity contribution in [1.29, 1.82) is 0 Å². The molecule has 3 aromatic rings. The maximum atomic E-state index is 12.6. The summed E-state index contributed by atoms with van der Waals surface area (Å²) in [5.74, 6) is -0.424. The summed E-state index contributed by atoms with van der Waals surface area (Å²) in [4.78, 5) is 25.5. The second-order valence-electron chi connectivity index (χ2n) is 5.56. The quantitative estimate of drug-likeness (QED) is 0.659. The van der Waals surface area contributed by atoms with Gasteiger partial charge in [-0.1, -0.05) is 11.6 Å². The molecule has 0 N–H and O–H groups in total. The van der Waals surface area contributed by atoms with Gasteiger partial charge in [-0.25, -0.2) is 4.98 Å². The molecule has 0 aliphatic heterocycles. The van der Waals surface area contributed by atoms with Crippen molar-refractivity contribution in [3.05, 3.63) is 71.4 Å². The Bertz CT molecular complexity index is 960. The van der Waals surface area contributed by atoms with Gasteiger partial charge in [0.15, 0.2) is 0 Å². The van der Waals surface area contributed by atoms with E-state index in [-0.39, 0.29) is 11.4 Å². The number of aromatic nitrogens is 3. The van der Waals surface area contributed by atoms with Gasteiger partial charge in [-0.05, 0) is 36.4 Å². The number of benzene rings is 1. The molecule has 27 heavy (non-hydrogen) atoms. The second kappa shape index (κ2) is 7.32. The third-order valence-corrected chi connectivity index (χ3v) is 3.97. The second-order valence-corrected chi connectivity index (χ2v) is 6.00. The zero-order valence-electron chi connectivity index (χ0n) is 13.9. The van der Waals surface area contributed by atoms with Crippen LogP contribution in [0.3, 0.4) is 0 Å². The van der Waals surface area contributed by atoms with Gasteiger partial charge in [-0.3, -0.25) is 14.8 Å². The topological polar surface area (TPSA) is 59.0 Å². The van der Waals surface area contributed by atoms with Crippen LogP contribution in [0.1, 0.15) is 16.2 Å². The van der Waals surface area contributed by atoms with Crippen molar-refractivity contribution >= 4 is 23.2 Å². The Kier molecular flexibility index (Phi) is 5.09. The summed E-state index contributed by atoms with van der Waals surface area (Å²) in [5.41, 5.74) is 0.206. The van der Waals surface area contributed by atoms with E-state index in [1.807, 2.05) is 0 Å². The Morgan fingerprint density at radius 1 is 1.04 bits per heavy atom. The fourth-order valence-electron chi connectivity index (χ4n) is 2.27. The summed E-state index contributed by atoms with van der Waals surface area (Å²) >= 11 is 5.84. The van der Waals surface area contributed by atoms with Crippen LogP contribution in [0.4, 0.5) is 18.9 Å². The van der Waals surface area contributed by atoms with Crippen LogP contribution < -0.4 is 4.90 Å². The minimum Gasteiger partial charge on any atom is -0.310 e. The van der Waals surface area contributed by atoms with E-state index in [2.05, 4.69) is 15.0 Å². The maximum absolute atomic E-state index is 12.6. The first-order chi connectivity index (χ1) is 12.8. The molecule has 0 radical (unpaired) electrons. The molecular formula is C18H12ClF3N4O. The average Bonchev–Trinajstić information content (AvgIpc) is 2.67. The lowest BCUT2D eigenvalue weighted by atomic mass is 10.2. The van der Waals surface area contributed by atoms with Gasteiger partial charge in [-0.15, -0.1) is 0 Å². The summed E-state index contributed by atoms with van der Waals surface area (Å²) in [6, 6.07) is 8.74. The molecule has 0 aliphatic carbocycles. The first-order valence-electron chi connectivity index (χ1n) is 7.65. The lowest BCUT2D eigenvalue weighted by molar-refractivity contribution is -0.141. The van der Waals surface area contributed by atoms with E-state index >= 15 is 0 Å². The number of anilines is 1. The SMILES string of the molecule is CN(C(=O)c1cncc(-c2ccc(C(F)(F)F)nc2)n1)c1ccc(Cl)cc1. The van der Waals surface area contributed by atoms with E-state index in [0.717, 1.165) is 12.3 Å². The van der Waals surface area contributed by atoms with E-state index in [4.69, 9.17) is 11.6 Å². The number of hydrogen-bond acceptors (Lipinski definition) is 4. The standard InChI is InChI=1S/C18H12ClF3N4O/c1-26(13-5-3-12(19)4-6-13)17(27)15-10-23-9-14(25-15)11-2-7-16(24-8-11)18(20,21)22/h2-10H,1H3. The number of carbonyl (C=O) groups is 1. The number of carbonyl (C=O) groups excluding carboxylic acids is 1. The lowest BCUT2D eigenvalue weighted by Crippen LogP contribution is -2.27. The molecule has 9 heteroatoms. The molecule has 138 valence electrons. The van der Waals surface area contributed by atoms with Crippen LogP contribution in [0.15, 0.2) is 55.0 Å². The Morgan fingerprint density at radius 2 is 1.74 bits per heavy atom. The highest BCUT2D eigenvalue weighted by Gasteiger charge is 2.32. The van der Waals surface area contributed by atoms with Crippen molar-refractivity contribution in [3.8, 4) is 11.3 Å². The zero-order chi connectivity index (χ0) is 19.6. The molecule has 2 aromatic heterocycles. The van der Waals surface area contributed by atoms with Crippen molar-refractivity contribution in [2.24, 2.45) is 0 Å². The molecule has 2 heterocycles. The van der Waals surface area contributed by atoms with Gasteiger partial charge in [0.05, 0.1) is 18.1 Å². The summed E-state index contributed by atoms with van der Waals surface area (Å²) in [6.07, 6.45) is -0.841. The molecule has 1 aromatic carbocycles. The van der Waals surface area contributed by atoms with Gasteiger partial charge in [0, 0.05) is 29.5 Å². The van der Waals surface area contributed by atoms with Crippen LogP contribution in [0.2, 0.25) is 5.02 Å². The van der Waals surface area contributed by atoms with Crippen LogP contribution >= 0.6 is 11.6 Å². The van der Waals surface area contributed by atoms with Gasteiger partial charge in [0.1, 0.15) is 11.4 Å². The Balaban J connectivity index is 1.86. The molecule has 0 aliphatic rings. The van der Waals surface area contributed by atoms with Gasteiger partial charge in [0.2, 0.25) is 0 Å². The fourth-order valence-corrected chi connectivity index (χ4v) is 2.40. The van der Waals surface area contributed by atoms with Crippen molar-refractivity contribution in [3.63, 3.8) is 0 Å². The lowest BCUT2D eigenvalue weighted by Gasteiger charge is -2.17. The third kappa shape index (κ3) is 4.22. The van der Waals surface area contributed by atoms with E-state index in [1.165, 1.54) is 23.4 Å². The molecule has 0 atom stereocenters. The summed E-state index contributed by atoms with van der Waals surface area (Å²) in [7, 11) is 1.57. The number of halogens is 4. The molecule has 0 unspecified atom stereocenters. The highest BCUT2D eigenvalue weighted by Crippen LogP contribution is 2.28. The van der Waals surface area contributed by atoms with Crippen LogP contribution in [0.5, 0.6) is 0 Å². The molecular weight excluding hydrogens is 381 g/mol. The minimum absolute atomic E-state index is 0.0462. The number of hydrogen-bond donors (Lipinski definition) is 0. The van der Waals surface area contributed by atoms with Crippen LogP contribution in [-0.4, -0.2) is 27.9 Å². The van der Waals surface area contributed by atoms with Crippen LogP contribution in [0.25, 0.3) is 11.3 Å². The largest absolute Gasteiger partial charge is 0.433 e. The van der Waals surface area contributed by atoms with Gasteiger partial charge in [-0.2, -0.15) is 13.2 Å². The number of rotatable bonds is 3. The van der Waals surface area contributed by atoms with Gasteiger partial charge < -0.3 is 4.90 Å². The van der Waals surface area contributed by atoms with Crippen molar-refractivity contribution in [1.82, 2.24) is 15.0 Å². The van der Waals surface area contributed by atoms with Crippen molar-refractivity contribution < 1.29 is 18.0 Å². The molecule has 0 saturated carbocycles. The number of nitrogens with zero attached hydrogens (tertiary/aromatic N) is 4. The number of amides is 1. The van der Waals surface area contributed by atoms with E-state index in [9.17, 15) is 18.0 Å². The average molecular weight is 393 g/mol.